The number of hydrogen-bond donors (Lipinski definition) is 0. The van der Waals surface area contributed by atoms with Crippen molar-refractivity contribution in [3.63, 3.8) is 0 Å². The first-order chi connectivity index (χ1) is 6.41. The van der Waals surface area contributed by atoms with E-state index < -0.39 is 0 Å². The molecule has 0 aromatic rings. The van der Waals surface area contributed by atoms with Crippen LogP contribution >= 0.6 is 0 Å². The van der Waals surface area contributed by atoms with Gasteiger partial charge in [0.2, 0.25) is 0 Å². The lowest BCUT2D eigenvalue weighted by Crippen LogP contribution is -1.97. The minimum atomic E-state index is 0.775. The van der Waals surface area contributed by atoms with Crippen molar-refractivity contribution in [2.75, 3.05) is 19.8 Å². The SMILES string of the molecule is CCCCCOCCC[CH]OCC. The lowest BCUT2D eigenvalue weighted by Gasteiger charge is -2.03. The van der Waals surface area contributed by atoms with E-state index in [1.807, 2.05) is 13.5 Å². The first kappa shape index (κ1) is 12.9. The number of rotatable bonds is 10. The smallest absolute Gasteiger partial charge is 0.0837 e. The molecule has 0 unspecified atom stereocenters. The molecule has 0 aliphatic rings. The molecule has 0 spiro atoms. The van der Waals surface area contributed by atoms with E-state index in [1.165, 1.54) is 19.3 Å². The van der Waals surface area contributed by atoms with Crippen LogP contribution in [0.15, 0.2) is 0 Å². The summed E-state index contributed by atoms with van der Waals surface area (Å²) >= 11 is 0. The summed E-state index contributed by atoms with van der Waals surface area (Å²) in [5.74, 6) is 0. The molecule has 0 N–H and O–H groups in total. The molecule has 0 fully saturated rings. The van der Waals surface area contributed by atoms with E-state index >= 15 is 0 Å². The fourth-order valence-electron chi connectivity index (χ4n) is 1.03. The third-order valence-electron chi connectivity index (χ3n) is 1.79. The Morgan fingerprint density at radius 1 is 1.00 bits per heavy atom. The molecule has 2 heteroatoms. The third-order valence-corrected chi connectivity index (χ3v) is 1.79. The molecule has 79 valence electrons. The highest BCUT2D eigenvalue weighted by atomic mass is 16.5. The van der Waals surface area contributed by atoms with Crippen LogP contribution in [0, 0.1) is 6.61 Å². The highest BCUT2D eigenvalue weighted by Gasteiger charge is 1.90. The van der Waals surface area contributed by atoms with Crippen LogP contribution in [0.2, 0.25) is 0 Å². The van der Waals surface area contributed by atoms with Crippen LogP contribution in [0.25, 0.3) is 0 Å². The van der Waals surface area contributed by atoms with Crippen LogP contribution in [0.4, 0.5) is 0 Å². The molecule has 0 aromatic heterocycles. The second-order valence-corrected chi connectivity index (χ2v) is 3.08. The van der Waals surface area contributed by atoms with Crippen molar-refractivity contribution in [1.82, 2.24) is 0 Å². The van der Waals surface area contributed by atoms with Crippen LogP contribution in [0.1, 0.15) is 46.0 Å². The van der Waals surface area contributed by atoms with E-state index in [-0.39, 0.29) is 0 Å². The fourth-order valence-corrected chi connectivity index (χ4v) is 1.03. The quantitative estimate of drug-likeness (QED) is 0.489. The summed E-state index contributed by atoms with van der Waals surface area (Å²) in [7, 11) is 0. The normalized spacial score (nSPS) is 10.6. The van der Waals surface area contributed by atoms with Gasteiger partial charge in [-0.25, -0.2) is 0 Å². The Bertz CT molecular complexity index is 74.2. The van der Waals surface area contributed by atoms with E-state index in [1.54, 1.807) is 0 Å². The van der Waals surface area contributed by atoms with E-state index in [4.69, 9.17) is 9.47 Å². The summed E-state index contributed by atoms with van der Waals surface area (Å²) < 4.78 is 10.5. The minimum absolute atomic E-state index is 0.775. The molecule has 0 atom stereocenters. The van der Waals surface area contributed by atoms with Crippen LogP contribution < -0.4 is 0 Å². The second kappa shape index (κ2) is 11.9. The molecule has 0 bridgehead atoms. The number of unbranched alkanes of at least 4 members (excludes halogenated alkanes) is 3. The number of hydrogen-bond acceptors (Lipinski definition) is 2. The van der Waals surface area contributed by atoms with Crippen molar-refractivity contribution < 1.29 is 9.47 Å². The molecule has 0 aromatic carbocycles. The predicted molar refractivity (Wildman–Crippen MR) is 55.5 cm³/mol. The molecule has 0 aliphatic heterocycles. The summed E-state index contributed by atoms with van der Waals surface area (Å²) in [5.41, 5.74) is 0. The van der Waals surface area contributed by atoms with Crippen molar-refractivity contribution in [3.8, 4) is 0 Å². The largest absolute Gasteiger partial charge is 0.381 e. The third kappa shape index (κ3) is 11.9. The summed E-state index contributed by atoms with van der Waals surface area (Å²) in [6.45, 7) is 8.64. The van der Waals surface area contributed by atoms with Crippen LogP contribution in [0.5, 0.6) is 0 Å². The maximum Gasteiger partial charge on any atom is 0.0837 e. The molecule has 0 saturated heterocycles. The van der Waals surface area contributed by atoms with Gasteiger partial charge < -0.3 is 9.47 Å². The van der Waals surface area contributed by atoms with Crippen molar-refractivity contribution in [2.24, 2.45) is 0 Å². The van der Waals surface area contributed by atoms with Gasteiger partial charge >= 0.3 is 0 Å². The minimum Gasteiger partial charge on any atom is -0.381 e. The van der Waals surface area contributed by atoms with Gasteiger partial charge in [0.05, 0.1) is 6.61 Å². The average molecular weight is 187 g/mol. The zero-order valence-electron chi connectivity index (χ0n) is 9.05. The highest BCUT2D eigenvalue weighted by molar-refractivity contribution is 4.49. The summed E-state index contributed by atoms with van der Waals surface area (Å²) in [6.07, 6.45) is 5.83. The summed E-state index contributed by atoms with van der Waals surface area (Å²) in [5, 5.41) is 0. The van der Waals surface area contributed by atoms with Gasteiger partial charge in [0, 0.05) is 19.8 Å². The van der Waals surface area contributed by atoms with Crippen molar-refractivity contribution >= 4 is 0 Å². The molecular formula is C11H23O2. The van der Waals surface area contributed by atoms with E-state index in [2.05, 4.69) is 6.92 Å². The maximum atomic E-state index is 5.44. The Balaban J connectivity index is 2.76. The van der Waals surface area contributed by atoms with Gasteiger partial charge in [0.25, 0.3) is 0 Å². The van der Waals surface area contributed by atoms with Gasteiger partial charge in [0.15, 0.2) is 0 Å². The average Bonchev–Trinajstić information content (AvgIpc) is 2.16. The predicted octanol–water partition coefficient (Wildman–Crippen LogP) is 3.17. The van der Waals surface area contributed by atoms with Crippen molar-refractivity contribution in [2.45, 2.75) is 46.0 Å². The summed E-state index contributed by atoms with van der Waals surface area (Å²) in [6, 6.07) is 0. The standard InChI is InChI=1S/C11H23O2/c1-3-5-6-10-13-11-8-7-9-12-4-2/h9H,3-8,10-11H2,1-2H3. The molecule has 0 aliphatic carbocycles. The lowest BCUT2D eigenvalue weighted by atomic mass is 10.3. The molecule has 13 heavy (non-hydrogen) atoms. The fraction of sp³-hybridized carbons (Fsp3) is 0.909. The zero-order chi connectivity index (χ0) is 9.78. The van der Waals surface area contributed by atoms with Crippen LogP contribution in [-0.4, -0.2) is 19.8 Å². The Morgan fingerprint density at radius 2 is 1.77 bits per heavy atom. The van der Waals surface area contributed by atoms with Crippen LogP contribution in [-0.2, 0) is 9.47 Å². The van der Waals surface area contributed by atoms with Gasteiger partial charge in [-0.3, -0.25) is 0 Å². The molecule has 0 amide bonds. The van der Waals surface area contributed by atoms with Gasteiger partial charge in [-0.2, -0.15) is 0 Å². The molecular weight excluding hydrogens is 164 g/mol. The Hall–Kier alpha value is -0.0800. The molecule has 0 rings (SSSR count). The van der Waals surface area contributed by atoms with Crippen molar-refractivity contribution in [3.05, 3.63) is 6.61 Å². The van der Waals surface area contributed by atoms with Crippen molar-refractivity contribution in [1.29, 1.82) is 0 Å². The van der Waals surface area contributed by atoms with E-state index in [0.717, 1.165) is 32.7 Å². The monoisotopic (exact) mass is 187 g/mol. The first-order valence-corrected chi connectivity index (χ1v) is 5.42. The van der Waals surface area contributed by atoms with E-state index in [9.17, 15) is 0 Å². The lowest BCUT2D eigenvalue weighted by molar-refractivity contribution is 0.121. The van der Waals surface area contributed by atoms with Gasteiger partial charge in [-0.1, -0.05) is 19.8 Å². The van der Waals surface area contributed by atoms with Gasteiger partial charge in [-0.05, 0) is 26.2 Å². The molecule has 0 saturated carbocycles. The second-order valence-electron chi connectivity index (χ2n) is 3.08. The maximum absolute atomic E-state index is 5.44. The first-order valence-electron chi connectivity index (χ1n) is 5.42. The molecule has 2 nitrogen and oxygen atoms in total. The Labute approximate surface area is 82.6 Å². The zero-order valence-corrected chi connectivity index (χ0v) is 9.05. The highest BCUT2D eigenvalue weighted by Crippen LogP contribution is 1.98. The van der Waals surface area contributed by atoms with Gasteiger partial charge in [0.1, 0.15) is 0 Å². The Morgan fingerprint density at radius 3 is 2.46 bits per heavy atom. The molecule has 1 radical (unpaired) electrons. The topological polar surface area (TPSA) is 18.5 Å². The van der Waals surface area contributed by atoms with E-state index in [0.29, 0.717) is 0 Å². The van der Waals surface area contributed by atoms with Gasteiger partial charge in [-0.15, -0.1) is 0 Å². The Kier molecular flexibility index (Phi) is 11.8. The number of ether oxygens (including phenoxy) is 2. The van der Waals surface area contributed by atoms with Crippen LogP contribution in [0.3, 0.4) is 0 Å². The summed E-state index contributed by atoms with van der Waals surface area (Å²) in [4.78, 5) is 0. The molecule has 0 heterocycles.